The van der Waals surface area contributed by atoms with Crippen molar-refractivity contribution in [3.05, 3.63) is 29.8 Å². The number of aliphatic hydroxyl groups excluding tert-OH is 1. The lowest BCUT2D eigenvalue weighted by atomic mass is 10.1. The summed E-state index contributed by atoms with van der Waals surface area (Å²) in [7, 11) is -3.20. The van der Waals surface area contributed by atoms with Crippen molar-refractivity contribution in [1.29, 1.82) is 0 Å². The zero-order valence-electron chi connectivity index (χ0n) is 11.6. The van der Waals surface area contributed by atoms with Crippen LogP contribution in [-0.4, -0.2) is 32.4 Å². The first kappa shape index (κ1) is 15.4. The number of rotatable bonds is 6. The molecule has 0 amide bonds. The molecule has 2 N–H and O–H groups in total. The maximum Gasteiger partial charge on any atom is 0.175 e. The highest BCUT2D eigenvalue weighted by Crippen LogP contribution is 2.20. The number of hydrogen-bond donors (Lipinski definition) is 2. The van der Waals surface area contributed by atoms with Crippen LogP contribution in [0, 0.1) is 0 Å². The van der Waals surface area contributed by atoms with Crippen molar-refractivity contribution in [2.75, 3.05) is 12.8 Å². The van der Waals surface area contributed by atoms with E-state index in [9.17, 15) is 13.5 Å². The van der Waals surface area contributed by atoms with Crippen LogP contribution in [0.3, 0.4) is 0 Å². The van der Waals surface area contributed by atoms with Gasteiger partial charge in [-0.2, -0.15) is 5.48 Å². The third-order valence-corrected chi connectivity index (χ3v) is 4.65. The summed E-state index contributed by atoms with van der Waals surface area (Å²) in [4.78, 5) is 5.72. The molecule has 5 nitrogen and oxygen atoms in total. The Labute approximate surface area is 119 Å². The van der Waals surface area contributed by atoms with Gasteiger partial charge in [-0.05, 0) is 30.5 Å². The van der Waals surface area contributed by atoms with Crippen LogP contribution in [0.15, 0.2) is 29.2 Å². The summed E-state index contributed by atoms with van der Waals surface area (Å²) in [6.45, 7) is 0.286. The van der Waals surface area contributed by atoms with E-state index in [2.05, 4.69) is 5.48 Å². The number of aliphatic hydroxyl groups is 1. The summed E-state index contributed by atoms with van der Waals surface area (Å²) in [5.41, 5.74) is 3.47. The Morgan fingerprint density at radius 2 is 1.90 bits per heavy atom. The molecule has 20 heavy (non-hydrogen) atoms. The van der Waals surface area contributed by atoms with Gasteiger partial charge in [0.25, 0.3) is 0 Å². The third kappa shape index (κ3) is 4.28. The molecule has 0 radical (unpaired) electrons. The summed E-state index contributed by atoms with van der Waals surface area (Å²) < 4.78 is 22.7. The predicted octanol–water partition coefficient (Wildman–Crippen LogP) is 1.59. The Morgan fingerprint density at radius 3 is 2.45 bits per heavy atom. The van der Waals surface area contributed by atoms with Crippen LogP contribution < -0.4 is 5.48 Å². The molecule has 1 saturated carbocycles. The molecule has 1 atom stereocenters. The maximum absolute atomic E-state index is 11.3. The largest absolute Gasteiger partial charge is 0.387 e. The second kappa shape index (κ2) is 6.67. The van der Waals surface area contributed by atoms with Crippen LogP contribution in [0.2, 0.25) is 0 Å². The average molecular weight is 299 g/mol. The fourth-order valence-corrected chi connectivity index (χ4v) is 2.94. The van der Waals surface area contributed by atoms with E-state index in [4.69, 9.17) is 4.84 Å². The summed E-state index contributed by atoms with van der Waals surface area (Å²) in [6, 6.07) is 6.26. The second-order valence-electron chi connectivity index (χ2n) is 5.23. The number of nitrogens with one attached hydrogen (secondary N) is 1. The summed E-state index contributed by atoms with van der Waals surface area (Å²) in [5.74, 6) is 0. The van der Waals surface area contributed by atoms with E-state index in [0.29, 0.717) is 5.56 Å². The molecular formula is C14H21NO4S. The first-order chi connectivity index (χ1) is 9.47. The SMILES string of the molecule is CS(=O)(=O)c1ccc(C(O)CNOC2CCCC2)cc1. The van der Waals surface area contributed by atoms with E-state index in [1.165, 1.54) is 25.0 Å². The molecule has 6 heteroatoms. The van der Waals surface area contributed by atoms with E-state index in [1.54, 1.807) is 12.1 Å². The van der Waals surface area contributed by atoms with Crippen molar-refractivity contribution in [2.24, 2.45) is 0 Å². The smallest absolute Gasteiger partial charge is 0.175 e. The quantitative estimate of drug-likeness (QED) is 0.780. The van der Waals surface area contributed by atoms with E-state index in [1.807, 2.05) is 0 Å². The molecule has 1 aliphatic carbocycles. The molecule has 1 aliphatic rings. The van der Waals surface area contributed by atoms with Crippen molar-refractivity contribution in [3.63, 3.8) is 0 Å². The lowest BCUT2D eigenvalue weighted by molar-refractivity contribution is -0.0372. The van der Waals surface area contributed by atoms with Gasteiger partial charge in [0, 0.05) is 6.26 Å². The minimum absolute atomic E-state index is 0.245. The first-order valence-electron chi connectivity index (χ1n) is 6.83. The molecule has 0 saturated heterocycles. The van der Waals surface area contributed by atoms with Crippen molar-refractivity contribution in [1.82, 2.24) is 5.48 Å². The van der Waals surface area contributed by atoms with Gasteiger partial charge >= 0.3 is 0 Å². The molecule has 1 unspecified atom stereocenters. The molecule has 0 aliphatic heterocycles. The summed E-state index contributed by atoms with van der Waals surface area (Å²) in [6.07, 6.45) is 5.21. The maximum atomic E-state index is 11.3. The van der Waals surface area contributed by atoms with Gasteiger partial charge in [-0.3, -0.25) is 4.84 Å². The highest BCUT2D eigenvalue weighted by molar-refractivity contribution is 7.90. The fourth-order valence-electron chi connectivity index (χ4n) is 2.31. The minimum atomic E-state index is -3.20. The van der Waals surface area contributed by atoms with Gasteiger partial charge < -0.3 is 5.11 Å². The molecule has 0 spiro atoms. The molecule has 0 bridgehead atoms. The van der Waals surface area contributed by atoms with Crippen molar-refractivity contribution < 1.29 is 18.4 Å². The lowest BCUT2D eigenvalue weighted by Gasteiger charge is -2.15. The number of hydrogen-bond acceptors (Lipinski definition) is 5. The molecule has 2 rings (SSSR count). The normalized spacial score (nSPS) is 18.3. The number of benzene rings is 1. The molecule has 0 heterocycles. The van der Waals surface area contributed by atoms with Gasteiger partial charge in [0.2, 0.25) is 0 Å². The van der Waals surface area contributed by atoms with E-state index in [0.717, 1.165) is 19.1 Å². The third-order valence-electron chi connectivity index (χ3n) is 3.52. The van der Waals surface area contributed by atoms with Gasteiger partial charge in [-0.25, -0.2) is 8.42 Å². The summed E-state index contributed by atoms with van der Waals surface area (Å²) in [5, 5.41) is 10.00. The Morgan fingerprint density at radius 1 is 1.30 bits per heavy atom. The van der Waals surface area contributed by atoms with Crippen molar-refractivity contribution in [2.45, 2.75) is 42.8 Å². The molecule has 1 aromatic rings. The number of sulfone groups is 1. The van der Waals surface area contributed by atoms with Crippen LogP contribution in [0.1, 0.15) is 37.4 Å². The fraction of sp³-hybridized carbons (Fsp3) is 0.571. The van der Waals surface area contributed by atoms with Crippen LogP contribution >= 0.6 is 0 Å². The van der Waals surface area contributed by atoms with Crippen LogP contribution in [0.5, 0.6) is 0 Å². The predicted molar refractivity (Wildman–Crippen MR) is 75.9 cm³/mol. The Kier molecular flexibility index (Phi) is 5.15. The minimum Gasteiger partial charge on any atom is -0.387 e. The zero-order chi connectivity index (χ0) is 14.6. The standard InChI is InChI=1S/C14H21NO4S/c1-20(17,18)13-8-6-11(7-9-13)14(16)10-15-19-12-4-2-3-5-12/h6-9,12,14-16H,2-5,10H2,1H3. The molecule has 1 aromatic carbocycles. The number of hydroxylamine groups is 1. The van der Waals surface area contributed by atoms with Crippen LogP contribution in [0.25, 0.3) is 0 Å². The second-order valence-corrected chi connectivity index (χ2v) is 7.25. The zero-order valence-corrected chi connectivity index (χ0v) is 12.4. The van der Waals surface area contributed by atoms with Crippen LogP contribution in [0.4, 0.5) is 0 Å². The summed E-state index contributed by atoms with van der Waals surface area (Å²) >= 11 is 0. The highest BCUT2D eigenvalue weighted by atomic mass is 32.2. The first-order valence-corrected chi connectivity index (χ1v) is 8.72. The van der Waals surface area contributed by atoms with Crippen molar-refractivity contribution >= 4 is 9.84 Å². The van der Waals surface area contributed by atoms with Gasteiger partial charge in [-0.1, -0.05) is 25.0 Å². The molecule has 112 valence electrons. The van der Waals surface area contributed by atoms with Gasteiger partial charge in [-0.15, -0.1) is 0 Å². The Balaban J connectivity index is 1.84. The molecular weight excluding hydrogens is 278 g/mol. The van der Waals surface area contributed by atoms with E-state index >= 15 is 0 Å². The monoisotopic (exact) mass is 299 g/mol. The topological polar surface area (TPSA) is 75.6 Å². The molecule has 1 fully saturated rings. The Bertz CT molecular complexity index is 521. The van der Waals surface area contributed by atoms with Gasteiger partial charge in [0.05, 0.1) is 23.6 Å². The van der Waals surface area contributed by atoms with E-state index < -0.39 is 15.9 Å². The Hall–Kier alpha value is -0.950. The van der Waals surface area contributed by atoms with Gasteiger partial charge in [0.1, 0.15) is 0 Å². The lowest BCUT2D eigenvalue weighted by Crippen LogP contribution is -2.26. The average Bonchev–Trinajstić information content (AvgIpc) is 2.91. The van der Waals surface area contributed by atoms with E-state index in [-0.39, 0.29) is 17.5 Å². The van der Waals surface area contributed by atoms with Gasteiger partial charge in [0.15, 0.2) is 9.84 Å². The molecule has 0 aromatic heterocycles. The highest BCUT2D eigenvalue weighted by Gasteiger charge is 2.16. The van der Waals surface area contributed by atoms with Crippen molar-refractivity contribution in [3.8, 4) is 0 Å². The van der Waals surface area contributed by atoms with Crippen LogP contribution in [-0.2, 0) is 14.7 Å².